The number of sulfonamides is 1. The fourth-order valence-corrected chi connectivity index (χ4v) is 4.10. The van der Waals surface area contributed by atoms with Gasteiger partial charge in [0, 0.05) is 12.6 Å². The third kappa shape index (κ3) is 4.24. The normalized spacial score (nSPS) is 22.0. The molecule has 23 heavy (non-hydrogen) atoms. The second kappa shape index (κ2) is 6.41. The lowest BCUT2D eigenvalue weighted by Gasteiger charge is -2.39. The first-order chi connectivity index (χ1) is 10.5. The highest BCUT2D eigenvalue weighted by Crippen LogP contribution is 2.34. The molecule has 1 heterocycles. The number of nitrogens with one attached hydrogen (secondary N) is 2. The van der Waals surface area contributed by atoms with Crippen molar-refractivity contribution in [3.05, 3.63) is 29.8 Å². The van der Waals surface area contributed by atoms with Crippen molar-refractivity contribution in [1.29, 1.82) is 0 Å². The highest BCUT2D eigenvalue weighted by molar-refractivity contribution is 7.89. The van der Waals surface area contributed by atoms with Gasteiger partial charge in [-0.15, -0.1) is 0 Å². The molecule has 4 nitrogen and oxygen atoms in total. The fraction of sp³-hybridized carbons (Fsp3) is 0.600. The van der Waals surface area contributed by atoms with Gasteiger partial charge in [-0.05, 0) is 36.9 Å². The molecule has 0 spiro atoms. The second-order valence-electron chi connectivity index (χ2n) is 6.44. The van der Waals surface area contributed by atoms with E-state index in [1.165, 1.54) is 12.1 Å². The average Bonchev–Trinajstić information content (AvgIpc) is 2.45. The predicted octanol–water partition coefficient (Wildman–Crippen LogP) is 2.76. The predicted molar refractivity (Wildman–Crippen MR) is 81.4 cm³/mol. The van der Waals surface area contributed by atoms with Gasteiger partial charge >= 0.3 is 6.18 Å². The Morgan fingerprint density at radius 1 is 1.30 bits per heavy atom. The molecule has 8 heteroatoms. The van der Waals surface area contributed by atoms with Crippen LogP contribution in [0.3, 0.4) is 0 Å². The zero-order valence-electron chi connectivity index (χ0n) is 13.1. The molecule has 1 aromatic carbocycles. The average molecular weight is 350 g/mol. The first-order valence-corrected chi connectivity index (χ1v) is 8.92. The summed E-state index contributed by atoms with van der Waals surface area (Å²) in [5.41, 5.74) is -1.27. The number of hydrogen-bond acceptors (Lipinski definition) is 3. The van der Waals surface area contributed by atoms with E-state index < -0.39 is 26.7 Å². The summed E-state index contributed by atoms with van der Waals surface area (Å²) >= 11 is 0. The molecule has 0 aromatic heterocycles. The number of hydrogen-bond donors (Lipinski definition) is 2. The van der Waals surface area contributed by atoms with E-state index in [9.17, 15) is 21.6 Å². The molecule has 1 fully saturated rings. The van der Waals surface area contributed by atoms with Gasteiger partial charge in [0.25, 0.3) is 0 Å². The number of alkyl halides is 3. The first-order valence-electron chi connectivity index (χ1n) is 7.43. The van der Waals surface area contributed by atoms with Crippen molar-refractivity contribution < 1.29 is 21.6 Å². The molecule has 2 rings (SSSR count). The van der Waals surface area contributed by atoms with E-state index in [-0.39, 0.29) is 18.0 Å². The maximum atomic E-state index is 13.0. The Bertz CT molecular complexity index is 657. The number of halogens is 3. The van der Waals surface area contributed by atoms with Crippen LogP contribution in [-0.4, -0.2) is 27.5 Å². The van der Waals surface area contributed by atoms with Crippen molar-refractivity contribution in [3.63, 3.8) is 0 Å². The largest absolute Gasteiger partial charge is 0.417 e. The Morgan fingerprint density at radius 2 is 1.96 bits per heavy atom. The summed E-state index contributed by atoms with van der Waals surface area (Å²) in [6.07, 6.45) is -2.79. The van der Waals surface area contributed by atoms with Crippen molar-refractivity contribution in [2.45, 2.75) is 43.8 Å². The minimum atomic E-state index is -4.71. The molecule has 0 amide bonds. The third-order valence-electron chi connectivity index (χ3n) is 4.29. The van der Waals surface area contributed by atoms with Crippen molar-refractivity contribution in [1.82, 2.24) is 10.0 Å². The Morgan fingerprint density at radius 3 is 2.57 bits per heavy atom. The maximum absolute atomic E-state index is 13.0. The van der Waals surface area contributed by atoms with Crippen LogP contribution < -0.4 is 10.0 Å². The van der Waals surface area contributed by atoms with Crippen LogP contribution in [0.1, 0.15) is 32.3 Å². The van der Waals surface area contributed by atoms with Crippen LogP contribution in [-0.2, 0) is 16.2 Å². The summed E-state index contributed by atoms with van der Waals surface area (Å²) in [5.74, 6) is 0. The van der Waals surface area contributed by atoms with Crippen LogP contribution in [0, 0.1) is 5.41 Å². The molecule has 2 N–H and O–H groups in total. The molecule has 1 aromatic rings. The Balaban J connectivity index is 2.20. The maximum Gasteiger partial charge on any atom is 0.417 e. The number of rotatable bonds is 4. The van der Waals surface area contributed by atoms with E-state index in [0.717, 1.165) is 31.5 Å². The second-order valence-corrected chi connectivity index (χ2v) is 8.18. The molecular formula is C15H21F3N2O2S. The molecule has 1 saturated heterocycles. The summed E-state index contributed by atoms with van der Waals surface area (Å²) in [5, 5.41) is 3.23. The van der Waals surface area contributed by atoms with Gasteiger partial charge < -0.3 is 5.32 Å². The summed E-state index contributed by atoms with van der Waals surface area (Å²) < 4.78 is 65.9. The molecule has 1 unspecified atom stereocenters. The summed E-state index contributed by atoms with van der Waals surface area (Å²) in [6.45, 7) is 4.86. The molecule has 0 bridgehead atoms. The molecular weight excluding hydrogens is 329 g/mol. The Labute approximate surface area is 134 Å². The summed E-state index contributed by atoms with van der Waals surface area (Å²) in [7, 11) is -4.23. The van der Waals surface area contributed by atoms with E-state index in [1.54, 1.807) is 0 Å². The van der Waals surface area contributed by atoms with Crippen LogP contribution in [0.4, 0.5) is 13.2 Å². The van der Waals surface area contributed by atoms with Crippen LogP contribution >= 0.6 is 0 Å². The van der Waals surface area contributed by atoms with Crippen LogP contribution in [0.2, 0.25) is 0 Å². The topological polar surface area (TPSA) is 58.2 Å². The minimum absolute atomic E-state index is 0.0571. The van der Waals surface area contributed by atoms with E-state index >= 15 is 0 Å². The van der Waals surface area contributed by atoms with Crippen LogP contribution in [0.5, 0.6) is 0 Å². The lowest BCUT2D eigenvalue weighted by molar-refractivity contribution is -0.139. The van der Waals surface area contributed by atoms with Crippen molar-refractivity contribution >= 4 is 10.0 Å². The Hall–Kier alpha value is -1.12. The molecule has 1 atom stereocenters. The highest BCUT2D eigenvalue weighted by Gasteiger charge is 2.38. The van der Waals surface area contributed by atoms with Crippen molar-refractivity contribution in [2.75, 3.05) is 13.1 Å². The summed E-state index contributed by atoms with van der Waals surface area (Å²) in [4.78, 5) is -0.735. The summed E-state index contributed by atoms with van der Waals surface area (Å²) in [6, 6.07) is 4.09. The van der Waals surface area contributed by atoms with Gasteiger partial charge in [0.2, 0.25) is 10.0 Å². The third-order valence-corrected chi connectivity index (χ3v) is 5.77. The Kier molecular flexibility index (Phi) is 5.08. The lowest BCUT2D eigenvalue weighted by atomic mass is 9.78. The zero-order valence-corrected chi connectivity index (χ0v) is 13.9. The SMILES string of the molecule is CC1(C)CCCNC1CNS(=O)(=O)c1ccccc1C(F)(F)F. The van der Waals surface area contributed by atoms with Crippen molar-refractivity contribution in [3.8, 4) is 0 Å². The zero-order chi connectivity index (χ0) is 17.3. The van der Waals surface area contributed by atoms with Gasteiger partial charge in [-0.25, -0.2) is 13.1 Å². The molecule has 1 aliphatic heterocycles. The quantitative estimate of drug-likeness (QED) is 0.878. The highest BCUT2D eigenvalue weighted by atomic mass is 32.2. The number of benzene rings is 1. The van der Waals surface area contributed by atoms with Crippen LogP contribution in [0.15, 0.2) is 29.2 Å². The smallest absolute Gasteiger partial charge is 0.312 e. The molecule has 0 radical (unpaired) electrons. The molecule has 1 aliphatic rings. The monoisotopic (exact) mass is 350 g/mol. The lowest BCUT2D eigenvalue weighted by Crippen LogP contribution is -2.52. The molecule has 0 saturated carbocycles. The molecule has 130 valence electrons. The van der Waals surface area contributed by atoms with E-state index in [2.05, 4.69) is 10.0 Å². The van der Waals surface area contributed by atoms with Gasteiger partial charge in [-0.3, -0.25) is 0 Å². The van der Waals surface area contributed by atoms with E-state index in [4.69, 9.17) is 0 Å². The van der Waals surface area contributed by atoms with E-state index in [1.807, 2.05) is 13.8 Å². The van der Waals surface area contributed by atoms with E-state index in [0.29, 0.717) is 0 Å². The van der Waals surface area contributed by atoms with Gasteiger partial charge in [-0.2, -0.15) is 13.2 Å². The molecule has 0 aliphatic carbocycles. The van der Waals surface area contributed by atoms with Gasteiger partial charge in [0.1, 0.15) is 0 Å². The fourth-order valence-electron chi connectivity index (χ4n) is 2.83. The minimum Gasteiger partial charge on any atom is -0.312 e. The van der Waals surface area contributed by atoms with Gasteiger partial charge in [-0.1, -0.05) is 26.0 Å². The first kappa shape index (κ1) is 18.2. The standard InChI is InChI=1S/C15H21F3N2O2S/c1-14(2)8-5-9-19-13(14)10-20-23(21,22)12-7-4-3-6-11(12)15(16,17)18/h3-4,6-7,13,19-20H,5,8-10H2,1-2H3. The van der Waals surface area contributed by atoms with Crippen LogP contribution in [0.25, 0.3) is 0 Å². The van der Waals surface area contributed by atoms with Gasteiger partial charge in [0.15, 0.2) is 0 Å². The van der Waals surface area contributed by atoms with Gasteiger partial charge in [0.05, 0.1) is 10.5 Å². The van der Waals surface area contributed by atoms with Crippen molar-refractivity contribution in [2.24, 2.45) is 5.41 Å². The number of piperidine rings is 1.